The van der Waals surface area contributed by atoms with Gasteiger partial charge >= 0.3 is 5.97 Å². The van der Waals surface area contributed by atoms with E-state index in [1.54, 1.807) is 24.3 Å². The Bertz CT molecular complexity index is 341. The maximum Gasteiger partial charge on any atom is 0.335 e. The van der Waals surface area contributed by atoms with Gasteiger partial charge in [0.25, 0.3) is 0 Å². The van der Waals surface area contributed by atoms with Gasteiger partial charge in [0.1, 0.15) is 0 Å². The van der Waals surface area contributed by atoms with Crippen molar-refractivity contribution in [3.8, 4) is 0 Å². The zero-order valence-electron chi connectivity index (χ0n) is 9.63. The number of carbonyl (C=O) groups is 1. The van der Waals surface area contributed by atoms with Crippen molar-refractivity contribution in [2.45, 2.75) is 25.3 Å². The van der Waals surface area contributed by atoms with Crippen molar-refractivity contribution in [3.63, 3.8) is 0 Å². The highest BCUT2D eigenvalue weighted by molar-refractivity contribution is 5.87. The largest absolute Gasteiger partial charge is 0.478 e. The molecule has 1 atom stereocenters. The second-order valence-electron chi connectivity index (χ2n) is 3.82. The summed E-state index contributed by atoms with van der Waals surface area (Å²) < 4.78 is 0. The molecule has 0 saturated heterocycles. The normalized spacial score (nSPS) is 11.6. The van der Waals surface area contributed by atoms with Crippen molar-refractivity contribution in [1.82, 2.24) is 0 Å². The summed E-state index contributed by atoms with van der Waals surface area (Å²) in [6, 6.07) is 6.68. The van der Waals surface area contributed by atoms with E-state index in [2.05, 4.69) is 0 Å². The Labute approximate surface area is 107 Å². The van der Waals surface area contributed by atoms with Crippen LogP contribution in [0.3, 0.4) is 0 Å². The number of unbranched alkanes of at least 4 members (excludes halogenated alkanes) is 1. The van der Waals surface area contributed by atoms with Crippen molar-refractivity contribution < 1.29 is 9.90 Å². The minimum Gasteiger partial charge on any atom is -0.478 e. The van der Waals surface area contributed by atoms with Crippen molar-refractivity contribution in [2.75, 3.05) is 6.54 Å². The first kappa shape index (κ1) is 15.9. The van der Waals surface area contributed by atoms with E-state index < -0.39 is 5.97 Å². The number of carboxylic acids is 1. The minimum atomic E-state index is -0.914. The van der Waals surface area contributed by atoms with Gasteiger partial charge in [-0.25, -0.2) is 4.79 Å². The number of nitrogens with two attached hydrogens (primary N) is 2. The van der Waals surface area contributed by atoms with Crippen LogP contribution in [-0.4, -0.2) is 17.6 Å². The van der Waals surface area contributed by atoms with Gasteiger partial charge < -0.3 is 16.6 Å². The molecule has 0 aliphatic carbocycles. The summed E-state index contributed by atoms with van der Waals surface area (Å²) in [6.07, 6.45) is 2.85. The summed E-state index contributed by atoms with van der Waals surface area (Å²) in [5, 5.41) is 8.74. The lowest BCUT2D eigenvalue weighted by atomic mass is 10.0. The monoisotopic (exact) mass is 258 g/mol. The number of halogens is 1. The SMILES string of the molecule is Cl.NCCCC[C@H](N)c1ccc(C(=O)O)cc1. The van der Waals surface area contributed by atoms with Gasteiger partial charge in [-0.2, -0.15) is 0 Å². The smallest absolute Gasteiger partial charge is 0.335 e. The Morgan fingerprint density at radius 2 is 1.82 bits per heavy atom. The standard InChI is InChI=1S/C12H18N2O2.ClH/c13-8-2-1-3-11(14)9-4-6-10(7-5-9)12(15)16;/h4-7,11H,1-3,8,13-14H2,(H,15,16);1H/t11-;/m0./s1. The molecule has 0 radical (unpaired) electrons. The van der Waals surface area contributed by atoms with Gasteiger partial charge in [-0.15, -0.1) is 12.4 Å². The van der Waals surface area contributed by atoms with Gasteiger partial charge in [-0.05, 0) is 37.1 Å². The fraction of sp³-hybridized carbons (Fsp3) is 0.417. The van der Waals surface area contributed by atoms with Crippen molar-refractivity contribution >= 4 is 18.4 Å². The first-order valence-electron chi connectivity index (χ1n) is 5.44. The van der Waals surface area contributed by atoms with Crippen LogP contribution in [0.2, 0.25) is 0 Å². The van der Waals surface area contributed by atoms with Crippen molar-refractivity contribution in [2.24, 2.45) is 11.5 Å². The van der Waals surface area contributed by atoms with Crippen LogP contribution in [0, 0.1) is 0 Å². The van der Waals surface area contributed by atoms with Gasteiger partial charge in [0, 0.05) is 6.04 Å². The Kier molecular flexibility index (Phi) is 7.54. The number of aromatic carboxylic acids is 1. The van der Waals surface area contributed by atoms with Gasteiger partial charge in [0.05, 0.1) is 5.56 Å². The Morgan fingerprint density at radius 1 is 1.24 bits per heavy atom. The summed E-state index contributed by atoms with van der Waals surface area (Å²) in [6.45, 7) is 0.685. The molecule has 96 valence electrons. The molecule has 1 rings (SSSR count). The number of benzene rings is 1. The Balaban J connectivity index is 0.00000256. The zero-order chi connectivity index (χ0) is 12.0. The molecule has 0 saturated carbocycles. The minimum absolute atomic E-state index is 0. The highest BCUT2D eigenvalue weighted by atomic mass is 35.5. The van der Waals surface area contributed by atoms with Crippen molar-refractivity contribution in [3.05, 3.63) is 35.4 Å². The van der Waals surface area contributed by atoms with Crippen LogP contribution in [-0.2, 0) is 0 Å². The fourth-order valence-corrected chi connectivity index (χ4v) is 1.55. The second kappa shape index (κ2) is 8.06. The lowest BCUT2D eigenvalue weighted by Crippen LogP contribution is -2.11. The van der Waals surface area contributed by atoms with E-state index in [-0.39, 0.29) is 24.0 Å². The van der Waals surface area contributed by atoms with Gasteiger partial charge in [-0.1, -0.05) is 18.6 Å². The van der Waals surface area contributed by atoms with Crippen LogP contribution in [0.25, 0.3) is 0 Å². The van der Waals surface area contributed by atoms with Crippen LogP contribution in [0.5, 0.6) is 0 Å². The molecule has 0 aromatic heterocycles. The predicted molar refractivity (Wildman–Crippen MR) is 70.5 cm³/mol. The maximum atomic E-state index is 10.6. The van der Waals surface area contributed by atoms with Crippen LogP contribution in [0.15, 0.2) is 24.3 Å². The third-order valence-corrected chi connectivity index (χ3v) is 2.56. The zero-order valence-corrected chi connectivity index (χ0v) is 10.5. The molecule has 0 aliphatic heterocycles. The van der Waals surface area contributed by atoms with Crippen LogP contribution < -0.4 is 11.5 Å². The van der Waals surface area contributed by atoms with Gasteiger partial charge in [0.2, 0.25) is 0 Å². The van der Waals surface area contributed by atoms with Crippen LogP contribution in [0.4, 0.5) is 0 Å². The van der Waals surface area contributed by atoms with Crippen LogP contribution in [0.1, 0.15) is 41.2 Å². The lowest BCUT2D eigenvalue weighted by Gasteiger charge is -2.11. The summed E-state index contributed by atoms with van der Waals surface area (Å²) in [7, 11) is 0. The molecule has 4 nitrogen and oxygen atoms in total. The second-order valence-corrected chi connectivity index (χ2v) is 3.82. The van der Waals surface area contributed by atoms with Crippen LogP contribution >= 0.6 is 12.4 Å². The molecule has 5 heteroatoms. The molecule has 0 heterocycles. The lowest BCUT2D eigenvalue weighted by molar-refractivity contribution is 0.0697. The fourth-order valence-electron chi connectivity index (χ4n) is 1.55. The van der Waals surface area contributed by atoms with E-state index in [1.165, 1.54) is 0 Å². The summed E-state index contributed by atoms with van der Waals surface area (Å²) >= 11 is 0. The molecule has 1 aromatic carbocycles. The first-order chi connectivity index (χ1) is 7.65. The summed E-state index contributed by atoms with van der Waals surface area (Å²) in [5.41, 5.74) is 12.6. The molecule has 0 spiro atoms. The number of rotatable bonds is 6. The molecular formula is C12H19ClN2O2. The van der Waals surface area contributed by atoms with E-state index in [0.717, 1.165) is 24.8 Å². The van der Waals surface area contributed by atoms with E-state index in [1.807, 2.05) is 0 Å². The van der Waals surface area contributed by atoms with Gasteiger partial charge in [-0.3, -0.25) is 0 Å². The molecular weight excluding hydrogens is 240 g/mol. The molecule has 0 amide bonds. The first-order valence-corrected chi connectivity index (χ1v) is 5.44. The number of hydrogen-bond acceptors (Lipinski definition) is 3. The summed E-state index contributed by atoms with van der Waals surface area (Å²) in [4.78, 5) is 10.6. The predicted octanol–water partition coefficient (Wildman–Crippen LogP) is 1.94. The molecule has 1 aromatic rings. The highest BCUT2D eigenvalue weighted by Crippen LogP contribution is 2.17. The average Bonchev–Trinajstić information content (AvgIpc) is 2.29. The van der Waals surface area contributed by atoms with E-state index >= 15 is 0 Å². The topological polar surface area (TPSA) is 89.3 Å². The maximum absolute atomic E-state index is 10.6. The average molecular weight is 259 g/mol. The molecule has 0 fully saturated rings. The van der Waals surface area contributed by atoms with E-state index in [9.17, 15) is 4.79 Å². The number of carboxylic acid groups (broad SMARTS) is 1. The molecule has 0 aliphatic rings. The highest BCUT2D eigenvalue weighted by Gasteiger charge is 2.07. The van der Waals surface area contributed by atoms with Crippen molar-refractivity contribution in [1.29, 1.82) is 0 Å². The van der Waals surface area contributed by atoms with E-state index in [4.69, 9.17) is 16.6 Å². The summed E-state index contributed by atoms with van der Waals surface area (Å²) in [5.74, 6) is -0.914. The van der Waals surface area contributed by atoms with E-state index in [0.29, 0.717) is 6.54 Å². The molecule has 0 bridgehead atoms. The third-order valence-electron chi connectivity index (χ3n) is 2.56. The quantitative estimate of drug-likeness (QED) is 0.680. The molecule has 17 heavy (non-hydrogen) atoms. The van der Waals surface area contributed by atoms with Gasteiger partial charge in [0.15, 0.2) is 0 Å². The third kappa shape index (κ3) is 5.17. The molecule has 5 N–H and O–H groups in total. The Hall–Kier alpha value is -1.10. The number of hydrogen-bond donors (Lipinski definition) is 3. The Morgan fingerprint density at radius 3 is 2.29 bits per heavy atom. The molecule has 0 unspecified atom stereocenters.